The molecule has 2 N–H and O–H groups in total. The molecule has 118 valence electrons. The van der Waals surface area contributed by atoms with Crippen LogP contribution in [0.4, 0.5) is 15.8 Å². The number of hydrogen-bond donors (Lipinski definition) is 2. The van der Waals surface area contributed by atoms with Crippen LogP contribution < -0.4 is 10.6 Å². The lowest BCUT2D eigenvalue weighted by Crippen LogP contribution is -2.31. The molecule has 1 aliphatic heterocycles. The van der Waals surface area contributed by atoms with Gasteiger partial charge in [0.05, 0.1) is 5.92 Å². The Morgan fingerprint density at radius 2 is 1.91 bits per heavy atom. The molecule has 2 amide bonds. The first-order valence-corrected chi connectivity index (χ1v) is 7.42. The highest BCUT2D eigenvalue weighted by atomic mass is 19.1. The molecule has 4 nitrogen and oxygen atoms in total. The van der Waals surface area contributed by atoms with Crippen molar-refractivity contribution in [2.45, 2.75) is 26.2 Å². The molecular weight excluding hydrogens is 295 g/mol. The predicted octanol–water partition coefficient (Wildman–Crippen LogP) is 3.51. The molecule has 1 atom stereocenters. The van der Waals surface area contributed by atoms with Crippen LogP contribution in [0, 0.1) is 19.7 Å². The van der Waals surface area contributed by atoms with Crippen LogP contribution in [0.15, 0.2) is 36.4 Å². The largest absolute Gasteiger partial charge is 0.326 e. The van der Waals surface area contributed by atoms with Gasteiger partial charge in [-0.05, 0) is 42.7 Å². The van der Waals surface area contributed by atoms with Gasteiger partial charge >= 0.3 is 0 Å². The summed E-state index contributed by atoms with van der Waals surface area (Å²) in [6.45, 7) is 3.83. The van der Waals surface area contributed by atoms with Crippen molar-refractivity contribution in [3.8, 4) is 0 Å². The summed E-state index contributed by atoms with van der Waals surface area (Å²) >= 11 is 0. The summed E-state index contributed by atoms with van der Waals surface area (Å²) in [4.78, 5) is 24.5. The molecule has 5 heteroatoms. The molecule has 0 spiro atoms. The Morgan fingerprint density at radius 1 is 1.22 bits per heavy atom. The second kappa shape index (κ2) is 5.83. The van der Waals surface area contributed by atoms with Gasteiger partial charge in [-0.15, -0.1) is 0 Å². The van der Waals surface area contributed by atoms with Crippen LogP contribution in [0.25, 0.3) is 0 Å². The number of carbonyl (C=O) groups excluding carboxylic acids is 2. The molecule has 2 aromatic carbocycles. The predicted molar refractivity (Wildman–Crippen MR) is 86.9 cm³/mol. The zero-order chi connectivity index (χ0) is 16.6. The van der Waals surface area contributed by atoms with Crippen LogP contribution in [-0.4, -0.2) is 11.8 Å². The Morgan fingerprint density at radius 3 is 2.61 bits per heavy atom. The van der Waals surface area contributed by atoms with E-state index in [0.29, 0.717) is 11.3 Å². The topological polar surface area (TPSA) is 58.2 Å². The summed E-state index contributed by atoms with van der Waals surface area (Å²) in [5, 5.41) is 5.52. The second-order valence-corrected chi connectivity index (χ2v) is 5.79. The van der Waals surface area contributed by atoms with E-state index in [4.69, 9.17) is 0 Å². The normalized spacial score (nSPS) is 16.5. The van der Waals surface area contributed by atoms with Crippen LogP contribution >= 0.6 is 0 Å². The number of para-hydroxylation sites is 1. The van der Waals surface area contributed by atoms with Gasteiger partial charge in [0.2, 0.25) is 11.8 Å². The maximum atomic E-state index is 13.4. The molecule has 0 saturated heterocycles. The van der Waals surface area contributed by atoms with Gasteiger partial charge in [-0.3, -0.25) is 9.59 Å². The molecular formula is C18H17FN2O2. The van der Waals surface area contributed by atoms with Crippen molar-refractivity contribution in [1.29, 1.82) is 0 Å². The standard InChI is InChI=1S/C18H17FN2O2/c1-10-4-3-5-11(2)17(10)21-18(23)14-9-16(22)20-15-8-12(19)6-7-13(14)15/h3-8,14H,9H2,1-2H3,(H,20,22)(H,21,23). The van der Waals surface area contributed by atoms with Gasteiger partial charge in [0.25, 0.3) is 0 Å². The lowest BCUT2D eigenvalue weighted by Gasteiger charge is -2.25. The van der Waals surface area contributed by atoms with Gasteiger partial charge < -0.3 is 10.6 Å². The summed E-state index contributed by atoms with van der Waals surface area (Å²) < 4.78 is 13.4. The van der Waals surface area contributed by atoms with E-state index < -0.39 is 11.7 Å². The highest BCUT2D eigenvalue weighted by Crippen LogP contribution is 2.34. The Hall–Kier alpha value is -2.69. The molecule has 0 fully saturated rings. The number of carbonyl (C=O) groups is 2. The van der Waals surface area contributed by atoms with E-state index in [1.54, 1.807) is 6.07 Å². The summed E-state index contributed by atoms with van der Waals surface area (Å²) in [6, 6.07) is 9.85. The van der Waals surface area contributed by atoms with Gasteiger partial charge in [-0.1, -0.05) is 24.3 Å². The quantitative estimate of drug-likeness (QED) is 0.891. The SMILES string of the molecule is Cc1cccc(C)c1NC(=O)C1CC(=O)Nc2cc(F)ccc21. The zero-order valence-electron chi connectivity index (χ0n) is 12.9. The van der Waals surface area contributed by atoms with Crippen molar-refractivity contribution in [2.24, 2.45) is 0 Å². The lowest BCUT2D eigenvalue weighted by molar-refractivity contribution is -0.123. The Kier molecular flexibility index (Phi) is 3.86. The first-order chi connectivity index (χ1) is 11.0. The number of aryl methyl sites for hydroxylation is 2. The Bertz CT molecular complexity index is 781. The van der Waals surface area contributed by atoms with Crippen LogP contribution in [-0.2, 0) is 9.59 Å². The van der Waals surface area contributed by atoms with Crippen molar-refractivity contribution in [1.82, 2.24) is 0 Å². The van der Waals surface area contributed by atoms with E-state index in [1.807, 2.05) is 32.0 Å². The minimum Gasteiger partial charge on any atom is -0.326 e. The van der Waals surface area contributed by atoms with Crippen molar-refractivity contribution in [3.05, 3.63) is 58.9 Å². The molecule has 23 heavy (non-hydrogen) atoms. The molecule has 3 rings (SSSR count). The number of rotatable bonds is 2. The number of benzene rings is 2. The van der Waals surface area contributed by atoms with E-state index in [1.165, 1.54) is 12.1 Å². The number of halogens is 1. The minimum atomic E-state index is -0.627. The average Bonchev–Trinajstić information content (AvgIpc) is 2.49. The number of hydrogen-bond acceptors (Lipinski definition) is 2. The van der Waals surface area contributed by atoms with E-state index in [9.17, 15) is 14.0 Å². The molecule has 0 saturated carbocycles. The summed E-state index contributed by atoms with van der Waals surface area (Å²) in [7, 11) is 0. The van der Waals surface area contributed by atoms with E-state index in [2.05, 4.69) is 10.6 Å². The molecule has 2 aromatic rings. The first-order valence-electron chi connectivity index (χ1n) is 7.42. The third kappa shape index (κ3) is 2.95. The molecule has 0 radical (unpaired) electrons. The maximum absolute atomic E-state index is 13.4. The Labute approximate surface area is 133 Å². The number of anilines is 2. The number of amides is 2. The van der Waals surface area contributed by atoms with Crippen molar-refractivity contribution in [3.63, 3.8) is 0 Å². The molecule has 0 bridgehead atoms. The fourth-order valence-corrected chi connectivity index (χ4v) is 2.89. The van der Waals surface area contributed by atoms with Crippen molar-refractivity contribution in [2.75, 3.05) is 10.6 Å². The first kappa shape index (κ1) is 15.2. The molecule has 0 aromatic heterocycles. The van der Waals surface area contributed by atoms with Gasteiger partial charge in [0, 0.05) is 17.8 Å². The maximum Gasteiger partial charge on any atom is 0.232 e. The zero-order valence-corrected chi connectivity index (χ0v) is 12.9. The van der Waals surface area contributed by atoms with Gasteiger partial charge in [0.15, 0.2) is 0 Å². The summed E-state index contributed by atoms with van der Waals surface area (Å²) in [6.07, 6.45) is 0.0510. The monoisotopic (exact) mass is 312 g/mol. The van der Waals surface area contributed by atoms with Crippen molar-refractivity contribution < 1.29 is 14.0 Å². The second-order valence-electron chi connectivity index (χ2n) is 5.79. The smallest absolute Gasteiger partial charge is 0.232 e. The van der Waals surface area contributed by atoms with Gasteiger partial charge in [-0.2, -0.15) is 0 Å². The van der Waals surface area contributed by atoms with Crippen LogP contribution in [0.2, 0.25) is 0 Å². The Balaban J connectivity index is 1.93. The van der Waals surface area contributed by atoms with Crippen molar-refractivity contribution >= 4 is 23.2 Å². The molecule has 0 aliphatic carbocycles. The fourth-order valence-electron chi connectivity index (χ4n) is 2.89. The number of fused-ring (bicyclic) bond motifs is 1. The average molecular weight is 312 g/mol. The minimum absolute atomic E-state index is 0.0510. The number of nitrogens with one attached hydrogen (secondary N) is 2. The van der Waals surface area contributed by atoms with E-state index >= 15 is 0 Å². The third-order valence-corrected chi connectivity index (χ3v) is 4.10. The fraction of sp³-hybridized carbons (Fsp3) is 0.222. The third-order valence-electron chi connectivity index (χ3n) is 4.10. The molecule has 1 aliphatic rings. The van der Waals surface area contributed by atoms with Crippen LogP contribution in [0.5, 0.6) is 0 Å². The highest BCUT2D eigenvalue weighted by molar-refractivity contribution is 6.05. The lowest BCUT2D eigenvalue weighted by atomic mass is 9.89. The van der Waals surface area contributed by atoms with E-state index in [0.717, 1.165) is 16.8 Å². The molecule has 1 unspecified atom stereocenters. The van der Waals surface area contributed by atoms with Crippen LogP contribution in [0.3, 0.4) is 0 Å². The summed E-state index contributed by atoms with van der Waals surface area (Å²) in [5.74, 6) is -1.62. The van der Waals surface area contributed by atoms with Gasteiger partial charge in [0.1, 0.15) is 5.82 Å². The van der Waals surface area contributed by atoms with Gasteiger partial charge in [-0.25, -0.2) is 4.39 Å². The van der Waals surface area contributed by atoms with Crippen LogP contribution in [0.1, 0.15) is 29.0 Å². The molecule has 1 heterocycles. The highest BCUT2D eigenvalue weighted by Gasteiger charge is 2.31. The summed E-state index contributed by atoms with van der Waals surface area (Å²) in [5.41, 5.74) is 3.67. The van der Waals surface area contributed by atoms with E-state index in [-0.39, 0.29) is 18.2 Å².